The number of hydrogen-bond donors (Lipinski definition) is 0. The molecular formula is C58H39NO. The van der Waals surface area contributed by atoms with Crippen molar-refractivity contribution in [2.45, 2.75) is 0 Å². The van der Waals surface area contributed by atoms with Gasteiger partial charge in [0.25, 0.3) is 0 Å². The molecule has 11 rings (SSSR count). The summed E-state index contributed by atoms with van der Waals surface area (Å²) < 4.78 is 6.48. The lowest BCUT2D eigenvalue weighted by atomic mass is 9.84. The Bertz CT molecular complexity index is 3330. The summed E-state index contributed by atoms with van der Waals surface area (Å²) >= 11 is 0. The Kier molecular flexibility index (Phi) is 8.87. The van der Waals surface area contributed by atoms with Gasteiger partial charge in [0.05, 0.1) is 11.1 Å². The molecule has 1 heterocycles. The summed E-state index contributed by atoms with van der Waals surface area (Å²) in [6.45, 7) is 0. The minimum absolute atomic E-state index is 0.857. The number of benzene rings is 10. The standard InChI is InChI=1S/C58H39NO/c1-3-18-41(19-4-1)49-27-9-10-28-52(49)57-50(42-20-5-2-6-21-42)30-15-31-51(57)46-24-14-26-48(39-46)59(54-32-16-34-56-58(54)53-29-11-12-33-55(53)60-56)47-25-13-23-44(38-47)45-36-35-40-17-7-8-22-43(40)37-45/h1-39H. The van der Waals surface area contributed by atoms with Crippen molar-refractivity contribution >= 4 is 49.8 Å². The molecule has 0 saturated carbocycles. The highest BCUT2D eigenvalue weighted by molar-refractivity contribution is 6.13. The molecule has 2 heteroatoms. The third-order valence-electron chi connectivity index (χ3n) is 11.7. The second-order valence-corrected chi connectivity index (χ2v) is 15.3. The third kappa shape index (κ3) is 6.32. The van der Waals surface area contributed by atoms with E-state index in [0.717, 1.165) is 50.1 Å². The topological polar surface area (TPSA) is 16.4 Å². The van der Waals surface area contributed by atoms with E-state index in [-0.39, 0.29) is 0 Å². The van der Waals surface area contributed by atoms with Crippen LogP contribution in [0.25, 0.3) is 88.3 Å². The molecule has 0 aliphatic heterocycles. The van der Waals surface area contributed by atoms with Crippen molar-refractivity contribution in [2.75, 3.05) is 4.90 Å². The molecule has 60 heavy (non-hydrogen) atoms. The summed E-state index contributed by atoms with van der Waals surface area (Å²) in [4.78, 5) is 2.40. The maximum Gasteiger partial charge on any atom is 0.137 e. The highest BCUT2D eigenvalue weighted by atomic mass is 16.3. The largest absolute Gasteiger partial charge is 0.456 e. The lowest BCUT2D eigenvalue weighted by Gasteiger charge is -2.27. The van der Waals surface area contributed by atoms with Gasteiger partial charge in [-0.1, -0.05) is 188 Å². The van der Waals surface area contributed by atoms with E-state index in [9.17, 15) is 0 Å². The number of rotatable bonds is 8. The molecular weight excluding hydrogens is 727 g/mol. The number of anilines is 3. The summed E-state index contributed by atoms with van der Waals surface area (Å²) in [5.74, 6) is 0. The van der Waals surface area contributed by atoms with Crippen LogP contribution in [-0.2, 0) is 0 Å². The fraction of sp³-hybridized carbons (Fsp3) is 0. The molecule has 11 aromatic rings. The van der Waals surface area contributed by atoms with E-state index < -0.39 is 0 Å². The average molecular weight is 766 g/mol. The van der Waals surface area contributed by atoms with Crippen LogP contribution in [0.15, 0.2) is 241 Å². The van der Waals surface area contributed by atoms with Crippen molar-refractivity contribution < 1.29 is 4.42 Å². The molecule has 10 aromatic carbocycles. The molecule has 1 aromatic heterocycles. The summed E-state index contributed by atoms with van der Waals surface area (Å²) in [6.07, 6.45) is 0. The minimum Gasteiger partial charge on any atom is -0.456 e. The van der Waals surface area contributed by atoms with Crippen LogP contribution < -0.4 is 4.90 Å². The van der Waals surface area contributed by atoms with Crippen molar-refractivity contribution in [1.29, 1.82) is 0 Å². The van der Waals surface area contributed by atoms with E-state index in [0.29, 0.717) is 0 Å². The van der Waals surface area contributed by atoms with Gasteiger partial charge in [0, 0.05) is 16.8 Å². The molecule has 0 fully saturated rings. The molecule has 282 valence electrons. The van der Waals surface area contributed by atoms with Crippen molar-refractivity contribution in [1.82, 2.24) is 0 Å². The van der Waals surface area contributed by atoms with Gasteiger partial charge < -0.3 is 9.32 Å². The first kappa shape index (κ1) is 35.2. The van der Waals surface area contributed by atoms with Gasteiger partial charge in [-0.3, -0.25) is 0 Å². The van der Waals surface area contributed by atoms with Crippen molar-refractivity contribution in [2.24, 2.45) is 0 Å². The van der Waals surface area contributed by atoms with Crippen LogP contribution in [0.3, 0.4) is 0 Å². The van der Waals surface area contributed by atoms with Gasteiger partial charge in [-0.25, -0.2) is 0 Å². The molecule has 0 amide bonds. The van der Waals surface area contributed by atoms with E-state index in [1.165, 1.54) is 55.3 Å². The van der Waals surface area contributed by atoms with Gasteiger partial charge in [-0.05, 0) is 115 Å². The van der Waals surface area contributed by atoms with Crippen molar-refractivity contribution in [3.63, 3.8) is 0 Å². The molecule has 0 saturated heterocycles. The molecule has 0 spiro atoms. The highest BCUT2D eigenvalue weighted by Crippen LogP contribution is 2.47. The Labute approximate surface area is 349 Å². The minimum atomic E-state index is 0.857. The molecule has 0 bridgehead atoms. The molecule has 0 aliphatic carbocycles. The Hall–Kier alpha value is -7.94. The van der Waals surface area contributed by atoms with Gasteiger partial charge in [0.1, 0.15) is 11.2 Å². The van der Waals surface area contributed by atoms with E-state index in [4.69, 9.17) is 4.42 Å². The maximum atomic E-state index is 6.48. The summed E-state index contributed by atoms with van der Waals surface area (Å²) in [5, 5.41) is 4.63. The summed E-state index contributed by atoms with van der Waals surface area (Å²) in [7, 11) is 0. The molecule has 0 radical (unpaired) electrons. The van der Waals surface area contributed by atoms with Gasteiger partial charge in [-0.15, -0.1) is 0 Å². The van der Waals surface area contributed by atoms with Crippen LogP contribution in [0.4, 0.5) is 17.1 Å². The van der Waals surface area contributed by atoms with Gasteiger partial charge in [0.15, 0.2) is 0 Å². The van der Waals surface area contributed by atoms with E-state index in [2.05, 4.69) is 235 Å². The normalized spacial score (nSPS) is 11.3. The third-order valence-corrected chi connectivity index (χ3v) is 11.7. The first-order valence-corrected chi connectivity index (χ1v) is 20.5. The average Bonchev–Trinajstić information content (AvgIpc) is 3.72. The van der Waals surface area contributed by atoms with Crippen molar-refractivity contribution in [3.8, 4) is 55.6 Å². The van der Waals surface area contributed by atoms with Crippen LogP contribution in [0.1, 0.15) is 0 Å². The Balaban J connectivity index is 1.14. The Morgan fingerprint density at radius 1 is 0.300 bits per heavy atom. The number of nitrogens with zero attached hydrogens (tertiary/aromatic N) is 1. The van der Waals surface area contributed by atoms with Gasteiger partial charge in [-0.2, -0.15) is 0 Å². The smallest absolute Gasteiger partial charge is 0.137 e. The number of furan rings is 1. The van der Waals surface area contributed by atoms with Crippen LogP contribution >= 0.6 is 0 Å². The fourth-order valence-electron chi connectivity index (χ4n) is 8.89. The van der Waals surface area contributed by atoms with Gasteiger partial charge in [0.2, 0.25) is 0 Å². The zero-order valence-electron chi connectivity index (χ0n) is 32.9. The van der Waals surface area contributed by atoms with E-state index in [1.54, 1.807) is 0 Å². The number of fused-ring (bicyclic) bond motifs is 4. The monoisotopic (exact) mass is 765 g/mol. The van der Waals surface area contributed by atoms with Crippen LogP contribution in [0.2, 0.25) is 0 Å². The first-order chi connectivity index (χ1) is 29.8. The Morgan fingerprint density at radius 2 is 0.817 bits per heavy atom. The lowest BCUT2D eigenvalue weighted by molar-refractivity contribution is 0.669. The first-order valence-electron chi connectivity index (χ1n) is 20.5. The second-order valence-electron chi connectivity index (χ2n) is 15.3. The molecule has 0 aliphatic rings. The van der Waals surface area contributed by atoms with Crippen LogP contribution in [0, 0.1) is 0 Å². The van der Waals surface area contributed by atoms with E-state index >= 15 is 0 Å². The fourth-order valence-corrected chi connectivity index (χ4v) is 8.89. The number of para-hydroxylation sites is 1. The predicted molar refractivity (Wildman–Crippen MR) is 253 cm³/mol. The summed E-state index contributed by atoms with van der Waals surface area (Å²) in [6, 6.07) is 85.0. The summed E-state index contributed by atoms with van der Waals surface area (Å²) in [5.41, 5.74) is 16.7. The van der Waals surface area contributed by atoms with Crippen molar-refractivity contribution in [3.05, 3.63) is 237 Å². The van der Waals surface area contributed by atoms with Gasteiger partial charge >= 0.3 is 0 Å². The molecule has 0 unspecified atom stereocenters. The maximum absolute atomic E-state index is 6.48. The van der Waals surface area contributed by atoms with Crippen LogP contribution in [-0.4, -0.2) is 0 Å². The molecule has 0 N–H and O–H groups in total. The lowest BCUT2D eigenvalue weighted by Crippen LogP contribution is -2.10. The SMILES string of the molecule is c1ccc(-c2ccccc2-c2c(-c3ccccc3)cccc2-c2cccc(N(c3cccc(-c4ccc5ccccc5c4)c3)c3cccc4oc5ccccc5c34)c2)cc1. The zero-order valence-corrected chi connectivity index (χ0v) is 32.9. The molecule has 0 atom stereocenters. The van der Waals surface area contributed by atoms with E-state index in [1.807, 2.05) is 6.07 Å². The highest BCUT2D eigenvalue weighted by Gasteiger charge is 2.22. The quantitative estimate of drug-likeness (QED) is 0.153. The predicted octanol–water partition coefficient (Wildman–Crippen LogP) is 16.5. The number of hydrogen-bond acceptors (Lipinski definition) is 2. The zero-order chi connectivity index (χ0) is 39.8. The Morgan fingerprint density at radius 3 is 1.60 bits per heavy atom. The van der Waals surface area contributed by atoms with Crippen LogP contribution in [0.5, 0.6) is 0 Å². The molecule has 2 nitrogen and oxygen atoms in total. The second kappa shape index (κ2) is 15.1.